The van der Waals surface area contributed by atoms with Crippen molar-refractivity contribution in [1.82, 2.24) is 15.3 Å². The minimum Gasteiger partial charge on any atom is -0.462 e. The number of hydrogen-bond acceptors (Lipinski definition) is 6. The highest BCUT2D eigenvalue weighted by Gasteiger charge is 2.24. The molecule has 2 unspecified atom stereocenters. The van der Waals surface area contributed by atoms with Crippen molar-refractivity contribution in [3.63, 3.8) is 0 Å². The van der Waals surface area contributed by atoms with Crippen molar-refractivity contribution in [1.29, 1.82) is 0 Å². The molecule has 1 aromatic rings. The van der Waals surface area contributed by atoms with Crippen LogP contribution in [-0.2, 0) is 4.74 Å². The zero-order valence-electron chi connectivity index (χ0n) is 11.0. The third kappa shape index (κ3) is 3.48. The van der Waals surface area contributed by atoms with Crippen LogP contribution in [0, 0.1) is 5.92 Å². The quantitative estimate of drug-likeness (QED) is 0.779. The van der Waals surface area contributed by atoms with Crippen LogP contribution in [0.3, 0.4) is 0 Å². The summed E-state index contributed by atoms with van der Waals surface area (Å²) >= 11 is 0. The van der Waals surface area contributed by atoms with Crippen LogP contribution in [0.1, 0.15) is 42.0 Å². The van der Waals surface area contributed by atoms with E-state index >= 15 is 0 Å². The highest BCUT2D eigenvalue weighted by Crippen LogP contribution is 2.24. The number of aromatic nitrogens is 2. The Hall–Kier alpha value is -1.53. The molecule has 6 heteroatoms. The van der Waals surface area contributed by atoms with Gasteiger partial charge in [-0.2, -0.15) is 0 Å². The smallest absolute Gasteiger partial charge is 0.341 e. The lowest BCUT2D eigenvalue weighted by Crippen LogP contribution is -2.34. The average molecular weight is 265 g/mol. The van der Waals surface area contributed by atoms with Gasteiger partial charge in [-0.1, -0.05) is 0 Å². The number of carbonyl (C=O) groups excluding carboxylic acids is 1. The lowest BCUT2D eigenvalue weighted by molar-refractivity contribution is 0.0525. The minimum atomic E-state index is -0.404. The Bertz CT molecular complexity index is 422. The van der Waals surface area contributed by atoms with E-state index in [1.54, 1.807) is 6.92 Å². The molecular formula is C13H19N3O3. The average Bonchev–Trinajstić information content (AvgIpc) is 2.48. The van der Waals surface area contributed by atoms with Crippen LogP contribution < -0.4 is 5.32 Å². The van der Waals surface area contributed by atoms with Crippen molar-refractivity contribution in [3.05, 3.63) is 23.8 Å². The summed E-state index contributed by atoms with van der Waals surface area (Å²) in [6.45, 7) is 3.13. The van der Waals surface area contributed by atoms with Crippen LogP contribution in [0.15, 0.2) is 12.4 Å². The first-order chi connectivity index (χ1) is 9.24. The zero-order valence-corrected chi connectivity index (χ0v) is 11.0. The number of ether oxygens (including phenoxy) is 1. The molecule has 2 heterocycles. The molecule has 2 atom stereocenters. The van der Waals surface area contributed by atoms with E-state index in [0.717, 1.165) is 19.4 Å². The van der Waals surface area contributed by atoms with Gasteiger partial charge in [0.05, 0.1) is 18.2 Å². The van der Waals surface area contributed by atoms with Crippen molar-refractivity contribution in [2.45, 2.75) is 25.8 Å². The van der Waals surface area contributed by atoms with Gasteiger partial charge in [-0.15, -0.1) is 0 Å². The summed E-state index contributed by atoms with van der Waals surface area (Å²) in [6, 6.07) is 0.0437. The van der Waals surface area contributed by atoms with Crippen molar-refractivity contribution in [3.8, 4) is 0 Å². The van der Waals surface area contributed by atoms with Gasteiger partial charge in [0.25, 0.3) is 0 Å². The molecule has 0 amide bonds. The number of hydrogen-bond donors (Lipinski definition) is 2. The summed E-state index contributed by atoms with van der Waals surface area (Å²) < 4.78 is 4.88. The third-order valence-corrected chi connectivity index (χ3v) is 3.27. The molecular weight excluding hydrogens is 246 g/mol. The third-order valence-electron chi connectivity index (χ3n) is 3.27. The molecule has 19 heavy (non-hydrogen) atoms. The Morgan fingerprint density at radius 3 is 2.89 bits per heavy atom. The summed E-state index contributed by atoms with van der Waals surface area (Å²) in [5, 5.41) is 12.5. The molecule has 6 nitrogen and oxygen atoms in total. The van der Waals surface area contributed by atoms with Gasteiger partial charge in [-0.3, -0.25) is 0 Å². The number of nitrogens with zero attached hydrogens (tertiary/aromatic N) is 2. The number of carbonyl (C=O) groups is 1. The summed E-state index contributed by atoms with van der Waals surface area (Å²) in [7, 11) is 0. The zero-order chi connectivity index (χ0) is 13.7. The van der Waals surface area contributed by atoms with E-state index in [1.165, 1.54) is 12.4 Å². The van der Waals surface area contributed by atoms with E-state index in [0.29, 0.717) is 23.9 Å². The van der Waals surface area contributed by atoms with Crippen LogP contribution >= 0.6 is 0 Å². The van der Waals surface area contributed by atoms with Crippen molar-refractivity contribution < 1.29 is 14.6 Å². The maximum absolute atomic E-state index is 11.5. The van der Waals surface area contributed by atoms with E-state index in [4.69, 9.17) is 4.74 Å². The fraction of sp³-hybridized carbons (Fsp3) is 0.615. The molecule has 1 aliphatic heterocycles. The van der Waals surface area contributed by atoms with Gasteiger partial charge >= 0.3 is 5.97 Å². The lowest BCUT2D eigenvalue weighted by atomic mass is 9.93. The molecule has 1 fully saturated rings. The Labute approximate surface area is 112 Å². The Kier molecular flexibility index (Phi) is 4.81. The molecule has 1 aliphatic rings. The molecule has 0 aliphatic carbocycles. The molecule has 0 bridgehead atoms. The van der Waals surface area contributed by atoms with Crippen LogP contribution in [0.5, 0.6) is 0 Å². The van der Waals surface area contributed by atoms with Gasteiger partial charge in [0.1, 0.15) is 5.82 Å². The summed E-state index contributed by atoms with van der Waals surface area (Å²) in [4.78, 5) is 19.9. The van der Waals surface area contributed by atoms with Crippen molar-refractivity contribution in [2.24, 2.45) is 5.92 Å². The Morgan fingerprint density at radius 2 is 2.26 bits per heavy atom. The highest BCUT2D eigenvalue weighted by molar-refractivity contribution is 5.88. The monoisotopic (exact) mass is 265 g/mol. The predicted molar refractivity (Wildman–Crippen MR) is 68.5 cm³/mol. The summed E-state index contributed by atoms with van der Waals surface area (Å²) in [6.07, 6.45) is 4.76. The summed E-state index contributed by atoms with van der Waals surface area (Å²) in [5.74, 6) is 0.546. The SMILES string of the molecule is CCOC(=O)c1cnc(C2CC(CO)CCN2)nc1. The largest absolute Gasteiger partial charge is 0.462 e. The van der Waals surface area contributed by atoms with E-state index in [2.05, 4.69) is 15.3 Å². The summed E-state index contributed by atoms with van der Waals surface area (Å²) in [5.41, 5.74) is 0.361. The molecule has 1 saturated heterocycles. The molecule has 104 valence electrons. The lowest BCUT2D eigenvalue weighted by Gasteiger charge is -2.28. The number of aliphatic hydroxyl groups excluding tert-OH is 1. The van der Waals surface area contributed by atoms with E-state index in [-0.39, 0.29) is 12.6 Å². The fourth-order valence-electron chi connectivity index (χ4n) is 2.20. The van der Waals surface area contributed by atoms with E-state index in [9.17, 15) is 9.90 Å². The number of esters is 1. The predicted octanol–water partition coefficient (Wildman–Crippen LogP) is 0.686. The van der Waals surface area contributed by atoms with Crippen LogP contribution in [0.25, 0.3) is 0 Å². The van der Waals surface area contributed by atoms with Crippen LogP contribution in [0.4, 0.5) is 0 Å². The molecule has 0 aromatic carbocycles. The second-order valence-electron chi connectivity index (χ2n) is 4.63. The fourth-order valence-corrected chi connectivity index (χ4v) is 2.20. The van der Waals surface area contributed by atoms with Gasteiger partial charge in [-0.05, 0) is 32.2 Å². The van der Waals surface area contributed by atoms with Gasteiger partial charge in [0.15, 0.2) is 0 Å². The maximum Gasteiger partial charge on any atom is 0.341 e. The van der Waals surface area contributed by atoms with Gasteiger partial charge < -0.3 is 15.2 Å². The normalized spacial score (nSPS) is 23.1. The molecule has 0 saturated carbocycles. The van der Waals surface area contributed by atoms with E-state index in [1.807, 2.05) is 0 Å². The van der Waals surface area contributed by atoms with E-state index < -0.39 is 5.97 Å². The number of aliphatic hydroxyl groups is 1. The molecule has 0 radical (unpaired) electrons. The second-order valence-corrected chi connectivity index (χ2v) is 4.63. The first kappa shape index (κ1) is 13.9. The molecule has 0 spiro atoms. The topological polar surface area (TPSA) is 84.3 Å². The Morgan fingerprint density at radius 1 is 1.53 bits per heavy atom. The van der Waals surface area contributed by atoms with Crippen LogP contribution in [0.2, 0.25) is 0 Å². The second kappa shape index (κ2) is 6.58. The van der Waals surface area contributed by atoms with Gasteiger partial charge in [-0.25, -0.2) is 14.8 Å². The standard InChI is InChI=1S/C13H19N3O3/c1-2-19-13(18)10-6-15-12(16-7-10)11-5-9(8-17)3-4-14-11/h6-7,9,11,14,17H,2-5,8H2,1H3. The van der Waals surface area contributed by atoms with Crippen molar-refractivity contribution in [2.75, 3.05) is 19.8 Å². The highest BCUT2D eigenvalue weighted by atomic mass is 16.5. The number of piperidine rings is 1. The first-order valence-electron chi connectivity index (χ1n) is 6.58. The van der Waals surface area contributed by atoms with Gasteiger partial charge in [0.2, 0.25) is 0 Å². The minimum absolute atomic E-state index is 0.0437. The Balaban J connectivity index is 2.03. The molecule has 2 rings (SSSR count). The maximum atomic E-state index is 11.5. The van der Waals surface area contributed by atoms with Crippen molar-refractivity contribution >= 4 is 5.97 Å². The molecule has 2 N–H and O–H groups in total. The van der Waals surface area contributed by atoms with Crippen LogP contribution in [-0.4, -0.2) is 40.8 Å². The molecule has 1 aromatic heterocycles. The first-order valence-corrected chi connectivity index (χ1v) is 6.58. The number of rotatable bonds is 4. The van der Waals surface area contributed by atoms with Gasteiger partial charge in [0, 0.05) is 19.0 Å². The number of nitrogens with one attached hydrogen (secondary N) is 1.